The number of carbonyl (C=O) groups is 2. The Morgan fingerprint density at radius 1 is 1.05 bits per heavy atom. The van der Waals surface area contributed by atoms with Gasteiger partial charge in [-0.25, -0.2) is 9.59 Å². The van der Waals surface area contributed by atoms with Gasteiger partial charge < -0.3 is 0 Å². The fourth-order valence-electron chi connectivity index (χ4n) is 2.27. The highest BCUT2D eigenvalue weighted by Gasteiger charge is 2.40. The number of hydrogen-bond acceptors (Lipinski definition) is 6. The third kappa shape index (κ3) is 3.13. The minimum atomic E-state index is -0.921. The summed E-state index contributed by atoms with van der Waals surface area (Å²) in [5.41, 5.74) is 0.0627. The van der Waals surface area contributed by atoms with Crippen LogP contribution in [-0.4, -0.2) is 22.5 Å². The van der Waals surface area contributed by atoms with Crippen molar-refractivity contribution >= 4 is 11.9 Å². The fourth-order valence-corrected chi connectivity index (χ4v) is 2.27. The van der Waals surface area contributed by atoms with E-state index in [1.165, 1.54) is 18.2 Å². The van der Waals surface area contributed by atoms with Crippen molar-refractivity contribution in [3.05, 3.63) is 34.9 Å². The van der Waals surface area contributed by atoms with Crippen molar-refractivity contribution in [2.75, 3.05) is 0 Å². The third-order valence-corrected chi connectivity index (χ3v) is 4.89. The van der Waals surface area contributed by atoms with E-state index < -0.39 is 17.4 Å². The zero-order chi connectivity index (χ0) is 17.1. The lowest BCUT2D eigenvalue weighted by atomic mass is 9.62. The predicted molar refractivity (Wildman–Crippen MR) is 79.6 cm³/mol. The highest BCUT2D eigenvalue weighted by Crippen LogP contribution is 2.45. The van der Waals surface area contributed by atoms with Crippen molar-refractivity contribution < 1.29 is 29.9 Å². The van der Waals surface area contributed by atoms with Gasteiger partial charge in [-0.1, -0.05) is 41.0 Å². The molecule has 1 aromatic carbocycles. The van der Waals surface area contributed by atoms with Crippen molar-refractivity contribution in [3.8, 4) is 0 Å². The monoisotopic (exact) mass is 310 g/mol. The van der Waals surface area contributed by atoms with E-state index in [0.29, 0.717) is 5.56 Å². The summed E-state index contributed by atoms with van der Waals surface area (Å²) in [6.07, 6.45) is 0.822. The van der Waals surface area contributed by atoms with Gasteiger partial charge >= 0.3 is 11.9 Å². The van der Waals surface area contributed by atoms with E-state index >= 15 is 0 Å². The molecular weight excluding hydrogens is 288 g/mol. The van der Waals surface area contributed by atoms with Crippen LogP contribution in [0.4, 0.5) is 0 Å². The van der Waals surface area contributed by atoms with Crippen LogP contribution < -0.4 is 0 Å². The number of carbonyl (C=O) groups excluding carboxylic acids is 2. The van der Waals surface area contributed by atoms with Gasteiger partial charge in [-0.3, -0.25) is 9.78 Å². The Morgan fingerprint density at radius 3 is 2.05 bits per heavy atom. The van der Waals surface area contributed by atoms with Crippen LogP contribution in [0.2, 0.25) is 0 Å². The molecule has 0 aliphatic heterocycles. The maximum absolute atomic E-state index is 11.8. The molecule has 0 aliphatic rings. The SMILES string of the molecule is CCC(C)(C)C(C)(C)c1cc(C(=O)OO)ccc1C(=O)OO. The molecular formula is C16H22O6. The predicted octanol–water partition coefficient (Wildman–Crippen LogP) is 3.66. The highest BCUT2D eigenvalue weighted by atomic mass is 17.1. The van der Waals surface area contributed by atoms with E-state index in [1.54, 1.807) is 0 Å². The summed E-state index contributed by atoms with van der Waals surface area (Å²) in [5.74, 6) is -1.82. The molecule has 0 spiro atoms. The molecule has 1 aromatic rings. The van der Waals surface area contributed by atoms with Crippen LogP contribution in [0.5, 0.6) is 0 Å². The quantitative estimate of drug-likeness (QED) is 0.637. The molecule has 0 aromatic heterocycles. The molecule has 0 saturated carbocycles. The zero-order valence-corrected chi connectivity index (χ0v) is 13.5. The Labute approximate surface area is 129 Å². The van der Waals surface area contributed by atoms with Crippen molar-refractivity contribution in [1.82, 2.24) is 0 Å². The van der Waals surface area contributed by atoms with Crippen molar-refractivity contribution in [3.63, 3.8) is 0 Å². The maximum atomic E-state index is 11.8. The van der Waals surface area contributed by atoms with Crippen LogP contribution in [0.3, 0.4) is 0 Å². The molecule has 0 aliphatic carbocycles. The average Bonchev–Trinajstić information content (AvgIpc) is 2.52. The molecule has 6 heteroatoms. The summed E-state index contributed by atoms with van der Waals surface area (Å²) in [4.78, 5) is 30.9. The van der Waals surface area contributed by atoms with Crippen LogP contribution in [0, 0.1) is 5.41 Å². The smallest absolute Gasteiger partial charge is 0.296 e. The summed E-state index contributed by atoms with van der Waals surface area (Å²) < 4.78 is 0. The molecule has 1 rings (SSSR count). The molecule has 0 atom stereocenters. The second-order valence-corrected chi connectivity index (χ2v) is 6.38. The van der Waals surface area contributed by atoms with Gasteiger partial charge in [0.15, 0.2) is 0 Å². The van der Waals surface area contributed by atoms with Gasteiger partial charge in [0.25, 0.3) is 0 Å². The number of hydrogen-bond donors (Lipinski definition) is 2. The van der Waals surface area contributed by atoms with Crippen LogP contribution >= 0.6 is 0 Å². The highest BCUT2D eigenvalue weighted by molar-refractivity contribution is 5.94. The Balaban J connectivity index is 3.59. The third-order valence-electron chi connectivity index (χ3n) is 4.89. The van der Waals surface area contributed by atoms with E-state index in [1.807, 2.05) is 34.6 Å². The summed E-state index contributed by atoms with van der Waals surface area (Å²) in [6.45, 7) is 9.98. The van der Waals surface area contributed by atoms with Crippen LogP contribution in [0.25, 0.3) is 0 Å². The first-order chi connectivity index (χ1) is 10.1. The Morgan fingerprint density at radius 2 is 1.59 bits per heavy atom. The molecule has 0 bridgehead atoms. The molecule has 122 valence electrons. The summed E-state index contributed by atoms with van der Waals surface area (Å²) in [6, 6.07) is 4.17. The van der Waals surface area contributed by atoms with Gasteiger partial charge in [-0.05, 0) is 34.6 Å². The number of rotatable bonds is 5. The minimum absolute atomic E-state index is 0.104. The van der Waals surface area contributed by atoms with Crippen LogP contribution in [0.1, 0.15) is 67.3 Å². The van der Waals surface area contributed by atoms with Crippen molar-refractivity contribution in [1.29, 1.82) is 0 Å². The first-order valence-corrected chi connectivity index (χ1v) is 6.98. The van der Waals surface area contributed by atoms with Gasteiger partial charge in [-0.15, -0.1) is 0 Å². The van der Waals surface area contributed by atoms with Gasteiger partial charge in [0.05, 0.1) is 11.1 Å². The van der Waals surface area contributed by atoms with E-state index in [-0.39, 0.29) is 16.5 Å². The molecule has 22 heavy (non-hydrogen) atoms. The van der Waals surface area contributed by atoms with E-state index in [9.17, 15) is 9.59 Å². The molecule has 0 saturated heterocycles. The van der Waals surface area contributed by atoms with E-state index in [4.69, 9.17) is 10.5 Å². The summed E-state index contributed by atoms with van der Waals surface area (Å²) in [5, 5.41) is 17.2. The van der Waals surface area contributed by atoms with E-state index in [2.05, 4.69) is 9.78 Å². The molecule has 2 N–H and O–H groups in total. The Kier molecular flexibility index (Phi) is 5.32. The normalized spacial score (nSPS) is 12.0. The molecule has 0 fully saturated rings. The Hall–Kier alpha value is -1.92. The lowest BCUT2D eigenvalue weighted by Crippen LogP contribution is -2.37. The summed E-state index contributed by atoms with van der Waals surface area (Å²) >= 11 is 0. The van der Waals surface area contributed by atoms with E-state index in [0.717, 1.165) is 6.42 Å². The maximum Gasteiger partial charge on any atom is 0.373 e. The summed E-state index contributed by atoms with van der Waals surface area (Å²) in [7, 11) is 0. The van der Waals surface area contributed by atoms with Crippen LogP contribution in [0.15, 0.2) is 18.2 Å². The van der Waals surface area contributed by atoms with Gasteiger partial charge in [-0.2, -0.15) is 10.5 Å². The van der Waals surface area contributed by atoms with Gasteiger partial charge in [0.1, 0.15) is 0 Å². The van der Waals surface area contributed by atoms with Crippen LogP contribution in [-0.2, 0) is 15.2 Å². The fraction of sp³-hybridized carbons (Fsp3) is 0.500. The second-order valence-electron chi connectivity index (χ2n) is 6.38. The number of benzene rings is 1. The largest absolute Gasteiger partial charge is 0.373 e. The first kappa shape index (κ1) is 18.1. The molecule has 6 nitrogen and oxygen atoms in total. The average molecular weight is 310 g/mol. The first-order valence-electron chi connectivity index (χ1n) is 6.98. The van der Waals surface area contributed by atoms with Crippen molar-refractivity contribution in [2.45, 2.75) is 46.5 Å². The van der Waals surface area contributed by atoms with Gasteiger partial charge in [0, 0.05) is 0 Å². The standard InChI is InChI=1S/C16H22O6/c1-6-15(2,3)16(4,5)12-9-10(13(17)21-19)7-8-11(12)14(18)22-20/h7-9,19-20H,6H2,1-5H3. The molecule has 0 heterocycles. The van der Waals surface area contributed by atoms with Gasteiger partial charge in [0.2, 0.25) is 0 Å². The lowest BCUT2D eigenvalue weighted by molar-refractivity contribution is -0.183. The topological polar surface area (TPSA) is 93.1 Å². The Bertz CT molecular complexity index is 574. The molecule has 0 radical (unpaired) electrons. The van der Waals surface area contributed by atoms with Crippen molar-refractivity contribution in [2.24, 2.45) is 5.41 Å². The second kappa shape index (κ2) is 6.46. The molecule has 0 unspecified atom stereocenters. The molecule has 0 amide bonds. The minimum Gasteiger partial charge on any atom is -0.296 e. The lowest BCUT2D eigenvalue weighted by Gasteiger charge is -2.42. The zero-order valence-electron chi connectivity index (χ0n) is 13.5.